The fourth-order valence-corrected chi connectivity index (χ4v) is 2.32. The largest absolute Gasteiger partial charge is 0.379 e. The van der Waals surface area contributed by atoms with Gasteiger partial charge in [-0.1, -0.05) is 0 Å². The van der Waals surface area contributed by atoms with E-state index in [0.717, 1.165) is 39.4 Å². The summed E-state index contributed by atoms with van der Waals surface area (Å²) in [6, 6.07) is 0. The molecule has 0 bridgehead atoms. The normalized spacial score (nSPS) is 23.2. The SMILES string of the molecule is C[N+](C)(C)PN1CCOCC1. The molecule has 1 unspecified atom stereocenters. The minimum absolute atomic E-state index is 0.882. The van der Waals surface area contributed by atoms with E-state index in [4.69, 9.17) is 4.74 Å². The zero-order valence-corrected chi connectivity index (χ0v) is 8.63. The summed E-state index contributed by atoms with van der Waals surface area (Å²) < 4.78 is 8.79. The van der Waals surface area contributed by atoms with E-state index in [1.807, 2.05) is 0 Å². The van der Waals surface area contributed by atoms with Crippen LogP contribution in [0.15, 0.2) is 0 Å². The summed E-state index contributed by atoms with van der Waals surface area (Å²) in [6.07, 6.45) is 0. The number of nitrogens with zero attached hydrogens (tertiary/aromatic N) is 2. The summed E-state index contributed by atoms with van der Waals surface area (Å²) in [5.74, 6) is 0. The fourth-order valence-electron chi connectivity index (χ4n) is 1.09. The number of rotatable bonds is 2. The molecule has 0 aromatic rings. The van der Waals surface area contributed by atoms with Gasteiger partial charge in [-0.2, -0.15) is 0 Å². The maximum absolute atomic E-state index is 5.27. The van der Waals surface area contributed by atoms with Gasteiger partial charge in [-0.05, 0) is 0 Å². The molecular weight excluding hydrogens is 159 g/mol. The molecule has 0 radical (unpaired) electrons. The van der Waals surface area contributed by atoms with Crippen LogP contribution in [0.1, 0.15) is 0 Å². The quantitative estimate of drug-likeness (QED) is 0.571. The van der Waals surface area contributed by atoms with Crippen LogP contribution in [0.25, 0.3) is 0 Å². The van der Waals surface area contributed by atoms with Crippen LogP contribution in [0.5, 0.6) is 0 Å². The van der Waals surface area contributed by atoms with E-state index in [0.29, 0.717) is 0 Å². The Hall–Kier alpha value is 0.310. The molecule has 0 N–H and O–H groups in total. The molecular formula is C7H18N2OP+. The number of quaternary nitrogens is 1. The number of hydrogen-bond donors (Lipinski definition) is 0. The monoisotopic (exact) mass is 177 g/mol. The lowest BCUT2D eigenvalue weighted by Gasteiger charge is -2.32. The van der Waals surface area contributed by atoms with Crippen molar-refractivity contribution in [3.8, 4) is 0 Å². The molecule has 1 saturated heterocycles. The summed E-state index contributed by atoms with van der Waals surface area (Å²) in [5.41, 5.74) is 0. The minimum atomic E-state index is 0.882. The van der Waals surface area contributed by atoms with E-state index >= 15 is 0 Å². The lowest BCUT2D eigenvalue weighted by molar-refractivity contribution is -0.738. The second-order valence-electron chi connectivity index (χ2n) is 3.71. The summed E-state index contributed by atoms with van der Waals surface area (Å²) in [5, 5.41) is 0. The summed E-state index contributed by atoms with van der Waals surface area (Å²) in [4.78, 5) is 0. The van der Waals surface area contributed by atoms with Crippen molar-refractivity contribution in [2.24, 2.45) is 0 Å². The molecule has 4 heteroatoms. The Balaban J connectivity index is 2.24. The molecule has 0 aromatic heterocycles. The fraction of sp³-hybridized carbons (Fsp3) is 1.00. The molecule has 3 nitrogen and oxygen atoms in total. The molecule has 1 fully saturated rings. The second kappa shape index (κ2) is 3.81. The number of hydrogen-bond acceptors (Lipinski definition) is 2. The van der Waals surface area contributed by atoms with Gasteiger partial charge in [0.15, 0.2) is 8.88 Å². The van der Waals surface area contributed by atoms with E-state index in [-0.39, 0.29) is 0 Å². The van der Waals surface area contributed by atoms with Crippen LogP contribution in [0.3, 0.4) is 0 Å². The van der Waals surface area contributed by atoms with Gasteiger partial charge in [0, 0.05) is 13.1 Å². The van der Waals surface area contributed by atoms with E-state index < -0.39 is 0 Å². The van der Waals surface area contributed by atoms with Gasteiger partial charge in [0.2, 0.25) is 0 Å². The third-order valence-corrected chi connectivity index (χ3v) is 2.78. The molecule has 0 spiro atoms. The maximum Gasteiger partial charge on any atom is 0.170 e. The molecule has 1 atom stereocenters. The zero-order chi connectivity index (χ0) is 8.32. The van der Waals surface area contributed by atoms with Crippen molar-refractivity contribution in [1.82, 2.24) is 4.67 Å². The average molecular weight is 177 g/mol. The van der Waals surface area contributed by atoms with Gasteiger partial charge < -0.3 is 8.99 Å². The molecule has 1 rings (SSSR count). The lowest BCUT2D eigenvalue weighted by atomic mass is 10.5. The van der Waals surface area contributed by atoms with E-state index in [2.05, 4.69) is 25.8 Å². The van der Waals surface area contributed by atoms with Crippen LogP contribution in [-0.4, -0.2) is 56.4 Å². The molecule has 0 aliphatic carbocycles. The minimum Gasteiger partial charge on any atom is -0.379 e. The van der Waals surface area contributed by atoms with Gasteiger partial charge >= 0.3 is 0 Å². The van der Waals surface area contributed by atoms with Crippen LogP contribution >= 0.6 is 8.88 Å². The summed E-state index contributed by atoms with van der Waals surface area (Å²) in [7, 11) is 7.57. The van der Waals surface area contributed by atoms with Crippen LogP contribution in [0.2, 0.25) is 0 Å². The van der Waals surface area contributed by atoms with Gasteiger partial charge in [-0.25, -0.2) is 4.67 Å². The van der Waals surface area contributed by atoms with Crippen molar-refractivity contribution in [3.63, 3.8) is 0 Å². The number of morpholine rings is 1. The van der Waals surface area contributed by atoms with E-state index in [1.54, 1.807) is 0 Å². The van der Waals surface area contributed by atoms with Crippen LogP contribution in [0, 0.1) is 0 Å². The molecule has 66 valence electrons. The highest BCUT2D eigenvalue weighted by atomic mass is 31.1. The standard InChI is InChI=1S/C7H18N2OP/c1-9(2,3)11-8-4-6-10-7-5-8/h11H,4-7H2,1-3H3/q+1. The van der Waals surface area contributed by atoms with Crippen molar-refractivity contribution in [2.75, 3.05) is 47.4 Å². The first-order valence-corrected chi connectivity index (χ1v) is 4.89. The molecule has 1 aliphatic rings. The Morgan fingerprint density at radius 2 is 1.73 bits per heavy atom. The molecule has 11 heavy (non-hydrogen) atoms. The van der Waals surface area contributed by atoms with Gasteiger partial charge in [0.25, 0.3) is 0 Å². The van der Waals surface area contributed by atoms with Crippen LogP contribution in [-0.2, 0) is 4.74 Å². The topological polar surface area (TPSA) is 12.5 Å². The third-order valence-electron chi connectivity index (χ3n) is 1.45. The van der Waals surface area contributed by atoms with Crippen molar-refractivity contribution >= 4 is 8.88 Å². The molecule has 1 heterocycles. The smallest absolute Gasteiger partial charge is 0.170 e. The van der Waals surface area contributed by atoms with Crippen LogP contribution in [0.4, 0.5) is 0 Å². The van der Waals surface area contributed by atoms with Crippen molar-refractivity contribution in [3.05, 3.63) is 0 Å². The highest BCUT2D eigenvalue weighted by molar-refractivity contribution is 7.28. The first-order valence-electron chi connectivity index (χ1n) is 4.00. The second-order valence-corrected chi connectivity index (χ2v) is 5.89. The van der Waals surface area contributed by atoms with Crippen LogP contribution < -0.4 is 0 Å². The first kappa shape index (κ1) is 9.40. The lowest BCUT2D eigenvalue weighted by Crippen LogP contribution is -2.36. The Morgan fingerprint density at radius 1 is 1.18 bits per heavy atom. The van der Waals surface area contributed by atoms with Gasteiger partial charge in [-0.15, -0.1) is 0 Å². The highest BCUT2D eigenvalue weighted by Crippen LogP contribution is 2.26. The van der Waals surface area contributed by atoms with Crippen molar-refractivity contribution in [1.29, 1.82) is 0 Å². The van der Waals surface area contributed by atoms with Crippen molar-refractivity contribution < 1.29 is 8.99 Å². The third kappa shape index (κ3) is 4.02. The summed E-state index contributed by atoms with van der Waals surface area (Å²) >= 11 is 0. The molecule has 0 amide bonds. The zero-order valence-electron chi connectivity index (χ0n) is 7.63. The van der Waals surface area contributed by atoms with Gasteiger partial charge in [0.05, 0.1) is 34.4 Å². The van der Waals surface area contributed by atoms with Gasteiger partial charge in [-0.3, -0.25) is 0 Å². The molecule has 1 aliphatic heterocycles. The average Bonchev–Trinajstić information content (AvgIpc) is 1.85. The predicted molar refractivity (Wildman–Crippen MR) is 48.7 cm³/mol. The molecule has 0 aromatic carbocycles. The number of ether oxygens (including phenoxy) is 1. The van der Waals surface area contributed by atoms with E-state index in [9.17, 15) is 0 Å². The Morgan fingerprint density at radius 3 is 2.18 bits per heavy atom. The first-order chi connectivity index (χ1) is 5.08. The Kier molecular flexibility index (Phi) is 3.26. The van der Waals surface area contributed by atoms with E-state index in [1.165, 1.54) is 0 Å². The predicted octanol–water partition coefficient (Wildman–Crippen LogP) is 0.533. The van der Waals surface area contributed by atoms with Gasteiger partial charge in [0.1, 0.15) is 0 Å². The summed E-state index contributed by atoms with van der Waals surface area (Å²) in [6.45, 7) is 4.03. The molecule has 0 saturated carbocycles. The highest BCUT2D eigenvalue weighted by Gasteiger charge is 2.18. The Bertz CT molecular complexity index is 118. The van der Waals surface area contributed by atoms with Crippen molar-refractivity contribution in [2.45, 2.75) is 0 Å². The Labute approximate surface area is 70.8 Å². The maximum atomic E-state index is 5.27.